The number of benzene rings is 1. The van der Waals surface area contributed by atoms with Crippen LogP contribution >= 0.6 is 11.6 Å². The van der Waals surface area contributed by atoms with Gasteiger partial charge in [0.1, 0.15) is 23.4 Å². The molecule has 1 saturated heterocycles. The third-order valence-corrected chi connectivity index (χ3v) is 5.79. The molecule has 1 fully saturated rings. The number of amides is 2. The van der Waals surface area contributed by atoms with Gasteiger partial charge in [0.05, 0.1) is 36.5 Å². The predicted molar refractivity (Wildman–Crippen MR) is 115 cm³/mol. The Morgan fingerprint density at radius 3 is 2.56 bits per heavy atom. The second-order valence-electron chi connectivity index (χ2n) is 7.84. The largest absolute Gasteiger partial charge is 0.468 e. The first kappa shape index (κ1) is 22.1. The quantitative estimate of drug-likeness (QED) is 0.557. The van der Waals surface area contributed by atoms with Crippen LogP contribution in [0.1, 0.15) is 18.0 Å². The van der Waals surface area contributed by atoms with Gasteiger partial charge < -0.3 is 9.64 Å². The molecular weight excluding hydrogens is 475 g/mol. The number of hydrazone groups is 1. The average Bonchev–Trinajstić information content (AvgIpc) is 3.37. The number of carbonyl (C=O) groups is 1. The van der Waals surface area contributed by atoms with Crippen molar-refractivity contribution in [2.75, 3.05) is 13.1 Å². The van der Waals surface area contributed by atoms with Crippen LogP contribution < -0.4 is 4.74 Å². The van der Waals surface area contributed by atoms with E-state index in [1.54, 1.807) is 7.05 Å². The van der Waals surface area contributed by atoms with Crippen LogP contribution in [0.25, 0.3) is 11.5 Å². The Labute approximate surface area is 196 Å². The van der Waals surface area contributed by atoms with Crippen LogP contribution in [-0.2, 0) is 7.05 Å². The Kier molecular flexibility index (Phi) is 5.60. The molecule has 2 aliphatic rings. The molecule has 0 radical (unpaired) electrons. The first-order valence-electron chi connectivity index (χ1n) is 10.2. The van der Waals surface area contributed by atoms with Crippen LogP contribution in [0.5, 0.6) is 5.88 Å². The summed E-state index contributed by atoms with van der Waals surface area (Å²) in [6, 6.07) is 2.05. The van der Waals surface area contributed by atoms with Crippen LogP contribution in [0.15, 0.2) is 35.7 Å². The van der Waals surface area contributed by atoms with E-state index in [9.17, 15) is 18.0 Å². The number of halogens is 4. The predicted octanol–water partition coefficient (Wildman–Crippen LogP) is 3.56. The van der Waals surface area contributed by atoms with Crippen molar-refractivity contribution in [2.45, 2.75) is 18.6 Å². The second kappa shape index (κ2) is 8.60. The minimum atomic E-state index is -0.760. The summed E-state index contributed by atoms with van der Waals surface area (Å²) in [6.07, 6.45) is 3.73. The first-order chi connectivity index (χ1) is 16.3. The van der Waals surface area contributed by atoms with Gasteiger partial charge in [-0.1, -0.05) is 11.6 Å². The van der Waals surface area contributed by atoms with Crippen LogP contribution in [-0.4, -0.2) is 61.1 Å². The Morgan fingerprint density at radius 1 is 1.15 bits per heavy atom. The van der Waals surface area contributed by atoms with Crippen LogP contribution in [0.4, 0.5) is 18.0 Å². The number of ether oxygens (including phenoxy) is 1. The Balaban J connectivity index is 1.25. The van der Waals surface area contributed by atoms with E-state index < -0.39 is 35.6 Å². The molecule has 13 heteroatoms. The summed E-state index contributed by atoms with van der Waals surface area (Å²) in [5.41, 5.74) is 0.713. The molecule has 2 aliphatic heterocycles. The number of likely N-dealkylation sites (tertiary alicyclic amines) is 1. The molecule has 9 nitrogen and oxygen atoms in total. The monoisotopic (exact) mass is 491 g/mol. The maximum atomic E-state index is 14.3. The highest BCUT2D eigenvalue weighted by molar-refractivity contribution is 6.32. The number of urea groups is 1. The molecule has 2 amide bonds. The van der Waals surface area contributed by atoms with E-state index in [0.717, 1.165) is 12.3 Å². The summed E-state index contributed by atoms with van der Waals surface area (Å²) in [5.74, 6) is -2.35. The van der Waals surface area contributed by atoms with Crippen LogP contribution in [0.2, 0.25) is 5.02 Å². The van der Waals surface area contributed by atoms with Crippen molar-refractivity contribution in [3.05, 3.63) is 58.6 Å². The van der Waals surface area contributed by atoms with Gasteiger partial charge in [-0.15, -0.1) is 0 Å². The third kappa shape index (κ3) is 4.04. The molecular formula is C21H17ClF3N7O2. The Bertz CT molecular complexity index is 1260. The Morgan fingerprint density at radius 2 is 1.88 bits per heavy atom. The second-order valence-corrected chi connectivity index (χ2v) is 8.24. The molecule has 3 aromatic rings. The molecule has 34 heavy (non-hydrogen) atoms. The fraction of sp³-hybridized carbons (Fsp3) is 0.286. The average molecular weight is 492 g/mol. The minimum absolute atomic E-state index is 0.144. The van der Waals surface area contributed by atoms with Crippen molar-refractivity contribution in [2.24, 2.45) is 12.1 Å². The van der Waals surface area contributed by atoms with Crippen molar-refractivity contribution >= 4 is 23.8 Å². The van der Waals surface area contributed by atoms with Gasteiger partial charge in [-0.05, 0) is 17.7 Å². The maximum absolute atomic E-state index is 14.3. The molecule has 1 atom stereocenters. The van der Waals surface area contributed by atoms with Gasteiger partial charge in [-0.2, -0.15) is 19.6 Å². The van der Waals surface area contributed by atoms with Gasteiger partial charge in [0.2, 0.25) is 5.82 Å². The summed E-state index contributed by atoms with van der Waals surface area (Å²) < 4.78 is 48.6. The van der Waals surface area contributed by atoms with Gasteiger partial charge in [-0.3, -0.25) is 4.68 Å². The molecule has 4 heterocycles. The van der Waals surface area contributed by atoms with Gasteiger partial charge in [0.15, 0.2) is 5.82 Å². The summed E-state index contributed by atoms with van der Waals surface area (Å²) in [5, 5.41) is 9.56. The lowest BCUT2D eigenvalue weighted by atomic mass is 10.0. The number of hydrogen-bond acceptors (Lipinski definition) is 6. The summed E-state index contributed by atoms with van der Waals surface area (Å²) in [6.45, 7) is 0.306. The zero-order chi connectivity index (χ0) is 24.0. The highest BCUT2D eigenvalue weighted by atomic mass is 35.5. The molecule has 5 rings (SSSR count). The van der Waals surface area contributed by atoms with E-state index in [-0.39, 0.29) is 24.8 Å². The SMILES string of the molecule is Cn1ncc(Cl)c1-c1ncc(F)c(OC2CN(C(=O)N3N=CC[C@H]3c3cc(F)cc(F)c3)C2)n1. The van der Waals surface area contributed by atoms with Crippen molar-refractivity contribution in [3.63, 3.8) is 0 Å². The van der Waals surface area contributed by atoms with Gasteiger partial charge in [0, 0.05) is 25.7 Å². The standard InChI is InChI=1S/C21H17ClF3N7O2/c1-30-18(15(22)7-28-30)19-26-8-16(25)20(29-19)34-14-9-31(10-14)21(33)32-17(2-3-27-32)11-4-12(23)6-13(24)5-11/h3-8,14,17H,2,9-10H2,1H3/t17-/m0/s1. The minimum Gasteiger partial charge on any atom is -0.468 e. The smallest absolute Gasteiger partial charge is 0.341 e. The molecule has 0 saturated carbocycles. The van der Waals surface area contributed by atoms with Crippen molar-refractivity contribution < 1.29 is 22.7 Å². The lowest BCUT2D eigenvalue weighted by Crippen LogP contribution is -2.59. The first-order valence-corrected chi connectivity index (χ1v) is 10.6. The summed E-state index contributed by atoms with van der Waals surface area (Å²) in [7, 11) is 1.65. The number of rotatable bonds is 4. The number of aryl methyl sites for hydroxylation is 1. The lowest BCUT2D eigenvalue weighted by Gasteiger charge is -2.40. The Hall–Kier alpha value is -3.67. The molecule has 2 aromatic heterocycles. The molecule has 0 bridgehead atoms. The number of carbonyl (C=O) groups excluding carboxylic acids is 1. The van der Waals surface area contributed by atoms with Crippen molar-refractivity contribution in [1.82, 2.24) is 29.7 Å². The van der Waals surface area contributed by atoms with E-state index in [1.165, 1.54) is 39.1 Å². The molecule has 0 N–H and O–H groups in total. The topological polar surface area (TPSA) is 88.7 Å². The van der Waals surface area contributed by atoms with E-state index in [2.05, 4.69) is 20.2 Å². The highest BCUT2D eigenvalue weighted by Gasteiger charge is 2.39. The van der Waals surface area contributed by atoms with Crippen LogP contribution in [0.3, 0.4) is 0 Å². The number of nitrogens with zero attached hydrogens (tertiary/aromatic N) is 7. The number of hydrogen-bond donors (Lipinski definition) is 0. The fourth-order valence-corrected chi connectivity index (χ4v) is 4.08. The lowest BCUT2D eigenvalue weighted by molar-refractivity contribution is 0.0230. The molecule has 1 aromatic carbocycles. The highest BCUT2D eigenvalue weighted by Crippen LogP contribution is 2.32. The summed E-state index contributed by atoms with van der Waals surface area (Å²) in [4.78, 5) is 22.4. The van der Waals surface area contributed by atoms with Gasteiger partial charge in [-0.25, -0.2) is 23.6 Å². The van der Waals surface area contributed by atoms with E-state index in [1.807, 2.05) is 0 Å². The zero-order valence-corrected chi connectivity index (χ0v) is 18.5. The van der Waals surface area contributed by atoms with E-state index in [0.29, 0.717) is 22.7 Å². The van der Waals surface area contributed by atoms with Gasteiger partial charge >= 0.3 is 6.03 Å². The van der Waals surface area contributed by atoms with Crippen molar-refractivity contribution in [1.29, 1.82) is 0 Å². The maximum Gasteiger partial charge on any atom is 0.341 e. The molecule has 0 aliphatic carbocycles. The fourth-order valence-electron chi connectivity index (χ4n) is 3.82. The normalized spacial score (nSPS) is 17.9. The number of aromatic nitrogens is 4. The molecule has 176 valence electrons. The molecule has 0 spiro atoms. The van der Waals surface area contributed by atoms with E-state index >= 15 is 0 Å². The van der Waals surface area contributed by atoms with Gasteiger partial charge in [0.25, 0.3) is 5.88 Å². The summed E-state index contributed by atoms with van der Waals surface area (Å²) >= 11 is 6.11. The van der Waals surface area contributed by atoms with Crippen LogP contribution in [0, 0.1) is 17.5 Å². The zero-order valence-electron chi connectivity index (χ0n) is 17.7. The molecule has 0 unspecified atom stereocenters. The third-order valence-electron chi connectivity index (χ3n) is 5.51. The van der Waals surface area contributed by atoms with E-state index in [4.69, 9.17) is 16.3 Å². The van der Waals surface area contributed by atoms with Crippen molar-refractivity contribution in [3.8, 4) is 17.4 Å².